The van der Waals surface area contributed by atoms with Crippen LogP contribution in [0.25, 0.3) is 0 Å². The fourth-order valence-corrected chi connectivity index (χ4v) is 2.53. The first kappa shape index (κ1) is 13.0. The Kier molecular flexibility index (Phi) is 4.60. The van der Waals surface area contributed by atoms with Crippen LogP contribution in [0.3, 0.4) is 0 Å². The maximum atomic E-state index is 6.28. The molecule has 0 aliphatic heterocycles. The number of hydrogen-bond donors (Lipinski definition) is 1. The monoisotopic (exact) mass is 213 g/mol. The summed E-state index contributed by atoms with van der Waals surface area (Å²) in [5.41, 5.74) is 6.21. The maximum Gasteiger partial charge on any atom is 0.0637 e. The lowest BCUT2D eigenvalue weighted by molar-refractivity contribution is 0.00316. The van der Waals surface area contributed by atoms with Gasteiger partial charge in [-0.25, -0.2) is 0 Å². The average molecular weight is 213 g/mol. The molecule has 0 bridgehead atoms. The predicted octanol–water partition coefficient (Wildman–Crippen LogP) is 2.96. The Morgan fingerprint density at radius 3 is 2.27 bits per heavy atom. The van der Waals surface area contributed by atoms with Gasteiger partial charge in [-0.2, -0.15) is 0 Å². The minimum absolute atomic E-state index is 0.0670. The highest BCUT2D eigenvalue weighted by molar-refractivity contribution is 4.84. The van der Waals surface area contributed by atoms with Gasteiger partial charge in [-0.1, -0.05) is 19.8 Å². The van der Waals surface area contributed by atoms with Gasteiger partial charge in [0.2, 0.25) is 0 Å². The topological polar surface area (TPSA) is 35.2 Å². The number of nitrogens with two attached hydrogens (primary N) is 1. The predicted molar refractivity (Wildman–Crippen MR) is 64.8 cm³/mol. The van der Waals surface area contributed by atoms with Gasteiger partial charge in [0.1, 0.15) is 0 Å². The molecule has 0 aromatic carbocycles. The van der Waals surface area contributed by atoms with Crippen molar-refractivity contribution >= 4 is 0 Å². The van der Waals surface area contributed by atoms with Gasteiger partial charge in [0.15, 0.2) is 0 Å². The normalized spacial score (nSPS) is 30.2. The highest BCUT2D eigenvalue weighted by Gasteiger charge is 2.28. The summed E-state index contributed by atoms with van der Waals surface area (Å²) in [5, 5.41) is 0. The van der Waals surface area contributed by atoms with Crippen LogP contribution in [-0.2, 0) is 4.74 Å². The van der Waals surface area contributed by atoms with E-state index in [1.807, 2.05) is 0 Å². The quantitative estimate of drug-likeness (QED) is 0.779. The molecule has 0 spiro atoms. The van der Waals surface area contributed by atoms with Crippen molar-refractivity contribution in [2.45, 2.75) is 64.5 Å². The van der Waals surface area contributed by atoms with E-state index in [2.05, 4.69) is 20.8 Å². The van der Waals surface area contributed by atoms with Crippen molar-refractivity contribution in [3.63, 3.8) is 0 Å². The molecule has 1 unspecified atom stereocenters. The van der Waals surface area contributed by atoms with Crippen LogP contribution in [0, 0.1) is 11.8 Å². The van der Waals surface area contributed by atoms with Crippen molar-refractivity contribution < 1.29 is 4.74 Å². The average Bonchev–Trinajstić information content (AvgIpc) is 2.18. The zero-order valence-corrected chi connectivity index (χ0v) is 10.8. The summed E-state index contributed by atoms with van der Waals surface area (Å²) in [6.07, 6.45) is 6.30. The number of methoxy groups -OCH3 is 1. The van der Waals surface area contributed by atoms with Gasteiger partial charge < -0.3 is 10.5 Å². The van der Waals surface area contributed by atoms with Crippen LogP contribution >= 0.6 is 0 Å². The molecule has 1 saturated carbocycles. The first-order valence-electron chi connectivity index (χ1n) is 6.25. The van der Waals surface area contributed by atoms with Crippen LogP contribution in [0.1, 0.15) is 52.9 Å². The molecule has 2 N–H and O–H groups in total. The van der Waals surface area contributed by atoms with Gasteiger partial charge in [0.25, 0.3) is 0 Å². The number of ether oxygens (including phenoxy) is 1. The van der Waals surface area contributed by atoms with Crippen molar-refractivity contribution in [2.24, 2.45) is 17.6 Å². The summed E-state index contributed by atoms with van der Waals surface area (Å²) in [6, 6.07) is 0.312. The van der Waals surface area contributed by atoms with Gasteiger partial charge in [-0.15, -0.1) is 0 Å². The maximum absolute atomic E-state index is 6.28. The standard InChI is InChI=1S/C13H27NO/c1-10-5-7-11(8-6-10)12(14)9-13(2,3)15-4/h10-12H,5-9,14H2,1-4H3. The van der Waals surface area contributed by atoms with E-state index in [4.69, 9.17) is 10.5 Å². The molecule has 0 aromatic heterocycles. The molecule has 15 heavy (non-hydrogen) atoms. The Labute approximate surface area is 94.6 Å². The third kappa shape index (κ3) is 4.12. The van der Waals surface area contributed by atoms with Gasteiger partial charge >= 0.3 is 0 Å². The largest absolute Gasteiger partial charge is 0.379 e. The smallest absolute Gasteiger partial charge is 0.0637 e. The molecule has 1 fully saturated rings. The molecule has 1 atom stereocenters. The van der Waals surface area contributed by atoms with E-state index in [0.717, 1.165) is 18.3 Å². The Bertz CT molecular complexity index is 183. The molecular formula is C13H27NO. The summed E-state index contributed by atoms with van der Waals surface area (Å²) in [4.78, 5) is 0. The molecule has 1 rings (SSSR count). The van der Waals surface area contributed by atoms with Crippen LogP contribution in [0.5, 0.6) is 0 Å². The summed E-state index contributed by atoms with van der Waals surface area (Å²) < 4.78 is 5.44. The fraction of sp³-hybridized carbons (Fsp3) is 1.00. The third-order valence-electron chi connectivity index (χ3n) is 3.95. The molecule has 90 valence electrons. The van der Waals surface area contributed by atoms with Crippen LogP contribution in [-0.4, -0.2) is 18.8 Å². The molecule has 0 amide bonds. The van der Waals surface area contributed by atoms with E-state index >= 15 is 0 Å². The summed E-state index contributed by atoms with van der Waals surface area (Å²) in [5.74, 6) is 1.62. The molecule has 0 heterocycles. The SMILES string of the molecule is COC(C)(C)CC(N)C1CCC(C)CC1. The van der Waals surface area contributed by atoms with E-state index in [-0.39, 0.29) is 5.60 Å². The van der Waals surface area contributed by atoms with Crippen LogP contribution in [0.15, 0.2) is 0 Å². The third-order valence-corrected chi connectivity index (χ3v) is 3.95. The molecular weight excluding hydrogens is 186 g/mol. The number of rotatable bonds is 4. The van der Waals surface area contributed by atoms with Gasteiger partial charge in [-0.05, 0) is 44.9 Å². The van der Waals surface area contributed by atoms with E-state index in [1.165, 1.54) is 25.7 Å². The Morgan fingerprint density at radius 2 is 1.80 bits per heavy atom. The molecule has 2 nitrogen and oxygen atoms in total. The van der Waals surface area contributed by atoms with E-state index in [1.54, 1.807) is 7.11 Å². The molecule has 0 aromatic rings. The van der Waals surface area contributed by atoms with E-state index in [0.29, 0.717) is 6.04 Å². The van der Waals surface area contributed by atoms with Gasteiger partial charge in [0.05, 0.1) is 5.60 Å². The summed E-state index contributed by atoms with van der Waals surface area (Å²) in [6.45, 7) is 6.59. The van der Waals surface area contributed by atoms with Gasteiger partial charge in [-0.3, -0.25) is 0 Å². The van der Waals surface area contributed by atoms with Crippen LogP contribution in [0.2, 0.25) is 0 Å². The van der Waals surface area contributed by atoms with Crippen molar-refractivity contribution in [2.75, 3.05) is 7.11 Å². The van der Waals surface area contributed by atoms with Crippen molar-refractivity contribution in [3.05, 3.63) is 0 Å². The Balaban J connectivity index is 2.37. The Morgan fingerprint density at radius 1 is 1.27 bits per heavy atom. The van der Waals surface area contributed by atoms with Crippen molar-refractivity contribution in [1.29, 1.82) is 0 Å². The van der Waals surface area contributed by atoms with E-state index < -0.39 is 0 Å². The molecule has 0 radical (unpaired) electrons. The van der Waals surface area contributed by atoms with Crippen molar-refractivity contribution in [3.8, 4) is 0 Å². The summed E-state index contributed by atoms with van der Waals surface area (Å²) >= 11 is 0. The van der Waals surface area contributed by atoms with E-state index in [9.17, 15) is 0 Å². The minimum atomic E-state index is -0.0670. The lowest BCUT2D eigenvalue weighted by Crippen LogP contribution is -2.40. The highest BCUT2D eigenvalue weighted by atomic mass is 16.5. The van der Waals surface area contributed by atoms with Crippen LogP contribution < -0.4 is 5.73 Å². The van der Waals surface area contributed by atoms with Crippen LogP contribution in [0.4, 0.5) is 0 Å². The second kappa shape index (κ2) is 5.31. The summed E-state index contributed by atoms with van der Waals surface area (Å²) in [7, 11) is 1.77. The lowest BCUT2D eigenvalue weighted by Gasteiger charge is -2.34. The second-order valence-corrected chi connectivity index (χ2v) is 5.85. The molecule has 2 heteroatoms. The minimum Gasteiger partial charge on any atom is -0.379 e. The van der Waals surface area contributed by atoms with Crippen molar-refractivity contribution in [1.82, 2.24) is 0 Å². The number of hydrogen-bond acceptors (Lipinski definition) is 2. The highest BCUT2D eigenvalue weighted by Crippen LogP contribution is 2.32. The molecule has 1 aliphatic rings. The lowest BCUT2D eigenvalue weighted by atomic mass is 9.77. The zero-order valence-electron chi connectivity index (χ0n) is 10.8. The fourth-order valence-electron chi connectivity index (χ4n) is 2.53. The molecule has 1 aliphatic carbocycles. The zero-order chi connectivity index (χ0) is 11.5. The second-order valence-electron chi connectivity index (χ2n) is 5.85. The first-order chi connectivity index (χ1) is 6.94. The Hall–Kier alpha value is -0.0800. The first-order valence-corrected chi connectivity index (χ1v) is 6.25. The van der Waals surface area contributed by atoms with Gasteiger partial charge in [0, 0.05) is 13.2 Å². The molecule has 0 saturated heterocycles.